The van der Waals surface area contributed by atoms with Gasteiger partial charge in [0.2, 0.25) is 0 Å². The van der Waals surface area contributed by atoms with Gasteiger partial charge in [-0.15, -0.1) is 0 Å². The van der Waals surface area contributed by atoms with Crippen molar-refractivity contribution in [2.45, 2.75) is 38.0 Å². The number of aliphatic hydroxyl groups is 1. The van der Waals surface area contributed by atoms with E-state index in [2.05, 4.69) is 54.8 Å². The van der Waals surface area contributed by atoms with Crippen LogP contribution in [0.3, 0.4) is 0 Å². The lowest BCUT2D eigenvalue weighted by Gasteiger charge is -2.28. The Balaban J connectivity index is 1.29. The predicted molar refractivity (Wildman–Crippen MR) is 145 cm³/mol. The fourth-order valence-electron chi connectivity index (χ4n) is 4.30. The van der Waals surface area contributed by atoms with Crippen molar-refractivity contribution in [3.05, 3.63) is 75.8 Å². The normalized spacial score (nSPS) is 17.2. The van der Waals surface area contributed by atoms with Crippen LogP contribution in [0, 0.1) is 0 Å². The van der Waals surface area contributed by atoms with Gasteiger partial charge in [-0.1, -0.05) is 65.7 Å². The second kappa shape index (κ2) is 11.9. The highest BCUT2D eigenvalue weighted by atomic mass is 35.5. The molecule has 192 valence electrons. The van der Waals surface area contributed by atoms with E-state index >= 15 is 0 Å². The van der Waals surface area contributed by atoms with E-state index in [0.29, 0.717) is 37.6 Å². The summed E-state index contributed by atoms with van der Waals surface area (Å²) in [5.41, 5.74) is 1.28. The van der Waals surface area contributed by atoms with E-state index in [1.165, 1.54) is 16.3 Å². The number of aliphatic hydroxyl groups excluding tert-OH is 1. The Kier molecular flexibility index (Phi) is 8.88. The molecule has 36 heavy (non-hydrogen) atoms. The molecule has 3 aromatic rings. The summed E-state index contributed by atoms with van der Waals surface area (Å²) >= 11 is 12.8. The number of carbonyl (C=O) groups excluding carboxylic acids is 1. The van der Waals surface area contributed by atoms with E-state index < -0.39 is 12.2 Å². The lowest BCUT2D eigenvalue weighted by Crippen LogP contribution is -2.46. The van der Waals surface area contributed by atoms with Crippen molar-refractivity contribution in [2.75, 3.05) is 32.8 Å². The molecule has 0 aliphatic carbocycles. The third kappa shape index (κ3) is 6.76. The van der Waals surface area contributed by atoms with Gasteiger partial charge >= 0.3 is 0 Å². The Hall–Kier alpha value is -2.19. The number of hydrogen-bond acceptors (Lipinski definition) is 6. The number of nitrogens with one attached hydrogen (secondary N) is 2. The minimum absolute atomic E-state index is 0.0258. The minimum Gasteiger partial charge on any atom is -0.489 e. The predicted octanol–water partition coefficient (Wildman–Crippen LogP) is 4.67. The van der Waals surface area contributed by atoms with Gasteiger partial charge in [0.05, 0.1) is 11.6 Å². The monoisotopic (exact) mass is 530 g/mol. The highest BCUT2D eigenvalue weighted by Crippen LogP contribution is 2.35. The molecule has 1 saturated heterocycles. The SMILES string of the molecule is CC(C)(Cc1ccc2ccccc2c1)NCC(O)COc1ccc(C(=O)C2CNCCO2)c(Cl)c1Cl. The molecule has 3 aromatic carbocycles. The Morgan fingerprint density at radius 3 is 2.69 bits per heavy atom. The first kappa shape index (κ1) is 26.9. The zero-order valence-corrected chi connectivity index (χ0v) is 22.0. The fourth-order valence-corrected chi connectivity index (χ4v) is 4.77. The lowest BCUT2D eigenvalue weighted by molar-refractivity contribution is 0.0269. The van der Waals surface area contributed by atoms with Gasteiger partial charge in [0, 0.05) is 30.7 Å². The summed E-state index contributed by atoms with van der Waals surface area (Å²) in [6, 6.07) is 18.0. The first-order chi connectivity index (χ1) is 17.2. The highest BCUT2D eigenvalue weighted by Gasteiger charge is 2.27. The van der Waals surface area contributed by atoms with Gasteiger partial charge in [-0.3, -0.25) is 4.79 Å². The van der Waals surface area contributed by atoms with Crippen LogP contribution >= 0.6 is 23.2 Å². The van der Waals surface area contributed by atoms with Gasteiger partial charge in [-0.05, 0) is 48.7 Å². The van der Waals surface area contributed by atoms with E-state index in [0.717, 1.165) is 6.42 Å². The molecule has 0 radical (unpaired) electrons. The number of hydrogen-bond donors (Lipinski definition) is 3. The van der Waals surface area contributed by atoms with Crippen LogP contribution in [-0.2, 0) is 11.2 Å². The van der Waals surface area contributed by atoms with Crippen molar-refractivity contribution >= 4 is 39.8 Å². The molecule has 3 N–H and O–H groups in total. The zero-order valence-electron chi connectivity index (χ0n) is 20.5. The Labute approximate surface area is 221 Å². The molecule has 0 aromatic heterocycles. The van der Waals surface area contributed by atoms with Crippen molar-refractivity contribution < 1.29 is 19.4 Å². The van der Waals surface area contributed by atoms with E-state index in [1.807, 2.05) is 12.1 Å². The molecule has 2 atom stereocenters. The summed E-state index contributed by atoms with van der Waals surface area (Å²) in [7, 11) is 0. The number of benzene rings is 3. The average Bonchev–Trinajstić information content (AvgIpc) is 2.88. The molecule has 0 spiro atoms. The summed E-state index contributed by atoms with van der Waals surface area (Å²) in [5.74, 6) is 0.0916. The molecule has 0 saturated carbocycles. The maximum absolute atomic E-state index is 12.7. The molecule has 1 aliphatic heterocycles. The van der Waals surface area contributed by atoms with Gasteiger partial charge in [0.1, 0.15) is 29.6 Å². The Morgan fingerprint density at radius 1 is 1.17 bits per heavy atom. The number of β-amino-alcohol motifs (C(OH)–C–C–N with tert-alkyl or cyclic N) is 1. The first-order valence-electron chi connectivity index (χ1n) is 12.1. The molecule has 1 aliphatic rings. The van der Waals surface area contributed by atoms with Crippen LogP contribution in [0.25, 0.3) is 10.8 Å². The van der Waals surface area contributed by atoms with Gasteiger partial charge in [-0.25, -0.2) is 0 Å². The molecule has 0 bridgehead atoms. The van der Waals surface area contributed by atoms with E-state index in [4.69, 9.17) is 32.7 Å². The molecular weight excluding hydrogens is 499 g/mol. The summed E-state index contributed by atoms with van der Waals surface area (Å²) < 4.78 is 11.3. The zero-order chi connectivity index (χ0) is 25.7. The van der Waals surface area contributed by atoms with E-state index in [9.17, 15) is 9.90 Å². The number of Topliss-reactive ketones (excluding diaryl/α,β-unsaturated/α-hetero) is 1. The van der Waals surface area contributed by atoms with Crippen molar-refractivity contribution in [1.29, 1.82) is 0 Å². The molecular formula is C28H32Cl2N2O4. The highest BCUT2D eigenvalue weighted by molar-refractivity contribution is 6.45. The van der Waals surface area contributed by atoms with Crippen LogP contribution in [0.5, 0.6) is 5.75 Å². The second-order valence-electron chi connectivity index (χ2n) is 9.75. The van der Waals surface area contributed by atoms with E-state index in [-0.39, 0.29) is 28.0 Å². The molecule has 2 unspecified atom stereocenters. The second-order valence-corrected chi connectivity index (χ2v) is 10.5. The number of halogens is 2. The molecule has 0 amide bonds. The molecule has 4 rings (SSSR count). The minimum atomic E-state index is -0.765. The third-order valence-electron chi connectivity index (χ3n) is 6.24. The maximum atomic E-state index is 12.7. The summed E-state index contributed by atoms with van der Waals surface area (Å²) in [4.78, 5) is 12.7. The third-order valence-corrected chi connectivity index (χ3v) is 7.10. The molecule has 8 heteroatoms. The van der Waals surface area contributed by atoms with Crippen LogP contribution in [-0.4, -0.2) is 61.5 Å². The average molecular weight is 531 g/mol. The van der Waals surface area contributed by atoms with Gasteiger partial charge in [0.25, 0.3) is 0 Å². The quantitative estimate of drug-likeness (QED) is 0.330. The fraction of sp³-hybridized carbons (Fsp3) is 0.393. The van der Waals surface area contributed by atoms with Crippen LogP contribution in [0.4, 0.5) is 0 Å². The van der Waals surface area contributed by atoms with Crippen molar-refractivity contribution in [1.82, 2.24) is 10.6 Å². The van der Waals surface area contributed by atoms with Gasteiger partial charge < -0.3 is 25.2 Å². The van der Waals surface area contributed by atoms with Crippen molar-refractivity contribution in [2.24, 2.45) is 0 Å². The number of ketones is 1. The summed E-state index contributed by atoms with van der Waals surface area (Å²) in [6.07, 6.45) is -0.550. The standard InChI is InChI=1S/C28H32Cl2N2O4/c1-28(2,14-18-7-8-19-5-3-4-6-20(19)13-18)32-15-21(33)17-36-23-10-9-22(25(29)26(23)30)27(34)24-16-31-11-12-35-24/h3-10,13,21,24,31-33H,11-12,14-17H2,1-2H3. The maximum Gasteiger partial charge on any atom is 0.194 e. The number of morpholine rings is 1. The number of fused-ring (bicyclic) bond motifs is 1. The van der Waals surface area contributed by atoms with Crippen LogP contribution in [0.2, 0.25) is 10.0 Å². The lowest BCUT2D eigenvalue weighted by atomic mass is 9.93. The molecule has 6 nitrogen and oxygen atoms in total. The number of rotatable bonds is 10. The van der Waals surface area contributed by atoms with Gasteiger partial charge in [-0.2, -0.15) is 0 Å². The first-order valence-corrected chi connectivity index (χ1v) is 12.9. The van der Waals surface area contributed by atoms with Crippen LogP contribution in [0.15, 0.2) is 54.6 Å². The largest absolute Gasteiger partial charge is 0.489 e. The smallest absolute Gasteiger partial charge is 0.194 e. The van der Waals surface area contributed by atoms with Gasteiger partial charge in [0.15, 0.2) is 5.78 Å². The topological polar surface area (TPSA) is 79.8 Å². The van der Waals surface area contributed by atoms with Crippen LogP contribution < -0.4 is 15.4 Å². The van der Waals surface area contributed by atoms with Crippen LogP contribution in [0.1, 0.15) is 29.8 Å². The summed E-state index contributed by atoms with van der Waals surface area (Å²) in [5, 5.41) is 19.8. The Bertz CT molecular complexity index is 1210. The summed E-state index contributed by atoms with van der Waals surface area (Å²) in [6.45, 7) is 6.19. The van der Waals surface area contributed by atoms with E-state index in [1.54, 1.807) is 12.1 Å². The Morgan fingerprint density at radius 2 is 1.94 bits per heavy atom. The molecule has 1 heterocycles. The number of ether oxygens (including phenoxy) is 2. The van der Waals surface area contributed by atoms with Crippen molar-refractivity contribution in [3.63, 3.8) is 0 Å². The van der Waals surface area contributed by atoms with Crippen molar-refractivity contribution in [3.8, 4) is 5.75 Å². The molecule has 1 fully saturated rings. The number of carbonyl (C=O) groups is 1.